The lowest BCUT2D eigenvalue weighted by molar-refractivity contribution is -0.135. The second kappa shape index (κ2) is 9.51. The summed E-state index contributed by atoms with van der Waals surface area (Å²) in [4.78, 5) is 32.6. The van der Waals surface area contributed by atoms with Crippen molar-refractivity contribution in [1.29, 1.82) is 0 Å². The van der Waals surface area contributed by atoms with Gasteiger partial charge in [-0.25, -0.2) is 4.79 Å². The van der Waals surface area contributed by atoms with Gasteiger partial charge in [-0.15, -0.1) is 0 Å². The predicted molar refractivity (Wildman–Crippen MR) is 123 cm³/mol. The topological polar surface area (TPSA) is 74.8 Å². The standard InChI is InChI=1S/C25H26N4O3/c1-18-5-6-20(14-19(18)2)16-28-12-13-29(17-24(28)30)25(31)27-21-7-9-22(10-8-21)32-23-4-3-11-26-15-23/h3-11,14-15H,12-13,16-17H2,1-2H3,(H,27,31). The third-order valence-corrected chi connectivity index (χ3v) is 5.53. The van der Waals surface area contributed by atoms with Gasteiger partial charge >= 0.3 is 6.03 Å². The van der Waals surface area contributed by atoms with Gasteiger partial charge in [0, 0.05) is 31.5 Å². The predicted octanol–water partition coefficient (Wildman–Crippen LogP) is 4.37. The lowest BCUT2D eigenvalue weighted by atomic mass is 10.1. The molecule has 7 heteroatoms. The number of nitrogens with zero attached hydrogens (tertiary/aromatic N) is 3. The summed E-state index contributed by atoms with van der Waals surface area (Å²) in [7, 11) is 0. The Morgan fingerprint density at radius 1 is 1.03 bits per heavy atom. The molecule has 0 bridgehead atoms. The monoisotopic (exact) mass is 430 g/mol. The number of rotatable bonds is 5. The third-order valence-electron chi connectivity index (χ3n) is 5.53. The minimum absolute atomic E-state index is 0.0511. The maximum atomic E-state index is 12.6. The van der Waals surface area contributed by atoms with Gasteiger partial charge in [-0.1, -0.05) is 18.2 Å². The molecule has 1 aliphatic rings. The number of carbonyl (C=O) groups is 2. The molecule has 2 aromatic carbocycles. The number of aryl methyl sites for hydroxylation is 2. The Kier molecular flexibility index (Phi) is 6.35. The molecule has 0 aliphatic carbocycles. The molecule has 164 valence electrons. The van der Waals surface area contributed by atoms with Crippen molar-refractivity contribution in [3.8, 4) is 11.5 Å². The van der Waals surface area contributed by atoms with Crippen LogP contribution >= 0.6 is 0 Å². The maximum Gasteiger partial charge on any atom is 0.322 e. The number of pyridine rings is 1. The number of aromatic nitrogens is 1. The summed E-state index contributed by atoms with van der Waals surface area (Å²) in [5, 5.41) is 2.85. The Hall–Kier alpha value is -3.87. The van der Waals surface area contributed by atoms with E-state index in [-0.39, 0.29) is 18.5 Å². The van der Waals surface area contributed by atoms with Gasteiger partial charge in [0.1, 0.15) is 18.0 Å². The number of carbonyl (C=O) groups excluding carboxylic acids is 2. The van der Waals surface area contributed by atoms with E-state index < -0.39 is 0 Å². The third kappa shape index (κ3) is 5.24. The second-order valence-electron chi connectivity index (χ2n) is 7.90. The molecule has 1 aromatic heterocycles. The first-order valence-electron chi connectivity index (χ1n) is 10.6. The van der Waals surface area contributed by atoms with E-state index in [9.17, 15) is 9.59 Å². The highest BCUT2D eigenvalue weighted by atomic mass is 16.5. The Bertz CT molecular complexity index is 1100. The lowest BCUT2D eigenvalue weighted by Crippen LogP contribution is -2.52. The average Bonchev–Trinajstić information content (AvgIpc) is 2.79. The molecule has 1 saturated heterocycles. The molecule has 32 heavy (non-hydrogen) atoms. The molecule has 2 heterocycles. The molecule has 0 unspecified atom stereocenters. The van der Waals surface area contributed by atoms with Gasteiger partial charge in [0.05, 0.1) is 6.20 Å². The first kappa shape index (κ1) is 21.4. The number of nitrogens with one attached hydrogen (secondary N) is 1. The Labute approximate surface area is 187 Å². The van der Waals surface area contributed by atoms with Crippen molar-refractivity contribution in [2.75, 3.05) is 25.0 Å². The van der Waals surface area contributed by atoms with Gasteiger partial charge in [-0.2, -0.15) is 0 Å². The highest BCUT2D eigenvalue weighted by Crippen LogP contribution is 2.22. The minimum atomic E-state index is -0.287. The first-order valence-corrected chi connectivity index (χ1v) is 10.6. The van der Waals surface area contributed by atoms with Crippen LogP contribution in [0.5, 0.6) is 11.5 Å². The SMILES string of the molecule is Cc1ccc(CN2CCN(C(=O)Nc3ccc(Oc4cccnc4)cc3)CC2=O)cc1C. The highest BCUT2D eigenvalue weighted by Gasteiger charge is 2.27. The summed E-state index contributed by atoms with van der Waals surface area (Å²) in [6, 6.07) is 16.6. The number of anilines is 1. The molecule has 1 fully saturated rings. The van der Waals surface area contributed by atoms with Crippen LogP contribution in [0.1, 0.15) is 16.7 Å². The zero-order valence-corrected chi connectivity index (χ0v) is 18.2. The van der Waals surface area contributed by atoms with E-state index in [0.29, 0.717) is 36.8 Å². The molecule has 0 atom stereocenters. The fourth-order valence-electron chi connectivity index (χ4n) is 3.52. The molecular weight excluding hydrogens is 404 g/mol. The highest BCUT2D eigenvalue weighted by molar-refractivity contribution is 5.93. The molecule has 1 aliphatic heterocycles. The average molecular weight is 431 g/mol. The normalized spacial score (nSPS) is 13.8. The van der Waals surface area contributed by atoms with Crippen LogP contribution in [0.3, 0.4) is 0 Å². The molecule has 0 saturated carbocycles. The quantitative estimate of drug-likeness (QED) is 0.652. The summed E-state index contributed by atoms with van der Waals surface area (Å²) in [6.07, 6.45) is 3.31. The van der Waals surface area contributed by atoms with E-state index >= 15 is 0 Å². The summed E-state index contributed by atoms with van der Waals surface area (Å²) in [5.41, 5.74) is 4.19. The van der Waals surface area contributed by atoms with Crippen molar-refractivity contribution in [3.05, 3.63) is 83.7 Å². The fourth-order valence-corrected chi connectivity index (χ4v) is 3.52. The van der Waals surface area contributed by atoms with E-state index in [1.54, 1.807) is 52.5 Å². The fraction of sp³-hybridized carbons (Fsp3) is 0.240. The van der Waals surface area contributed by atoms with Gasteiger partial charge in [0.25, 0.3) is 0 Å². The minimum Gasteiger partial charge on any atom is -0.456 e. The van der Waals surface area contributed by atoms with Gasteiger partial charge in [-0.05, 0) is 66.9 Å². The van der Waals surface area contributed by atoms with Gasteiger partial charge in [0.15, 0.2) is 0 Å². The van der Waals surface area contributed by atoms with Crippen molar-refractivity contribution in [3.63, 3.8) is 0 Å². The van der Waals surface area contributed by atoms with Crippen LogP contribution in [0, 0.1) is 13.8 Å². The largest absolute Gasteiger partial charge is 0.456 e. The van der Waals surface area contributed by atoms with Crippen molar-refractivity contribution >= 4 is 17.6 Å². The summed E-state index contributed by atoms with van der Waals surface area (Å²) in [5.74, 6) is 1.23. The number of amides is 3. The van der Waals surface area contributed by atoms with Crippen LogP contribution in [0.4, 0.5) is 10.5 Å². The van der Waals surface area contributed by atoms with Crippen LogP contribution in [-0.4, -0.2) is 46.4 Å². The van der Waals surface area contributed by atoms with E-state index in [1.807, 2.05) is 6.07 Å². The van der Waals surface area contributed by atoms with E-state index in [1.165, 1.54) is 11.1 Å². The molecule has 1 N–H and O–H groups in total. The van der Waals surface area contributed by atoms with Crippen molar-refractivity contribution in [2.45, 2.75) is 20.4 Å². The molecule has 3 amide bonds. The Morgan fingerprint density at radius 3 is 2.53 bits per heavy atom. The van der Waals surface area contributed by atoms with Gasteiger partial charge in [-0.3, -0.25) is 9.78 Å². The zero-order valence-electron chi connectivity index (χ0n) is 18.2. The maximum absolute atomic E-state index is 12.6. The number of urea groups is 1. The molecule has 0 spiro atoms. The Morgan fingerprint density at radius 2 is 1.84 bits per heavy atom. The molecule has 7 nitrogen and oxygen atoms in total. The molecule has 0 radical (unpaired) electrons. The van der Waals surface area contributed by atoms with Crippen molar-refractivity contribution in [2.24, 2.45) is 0 Å². The smallest absolute Gasteiger partial charge is 0.322 e. The van der Waals surface area contributed by atoms with Crippen LogP contribution < -0.4 is 10.1 Å². The van der Waals surface area contributed by atoms with Crippen LogP contribution in [0.15, 0.2) is 67.0 Å². The molecular formula is C25H26N4O3. The van der Waals surface area contributed by atoms with E-state index in [0.717, 1.165) is 5.56 Å². The second-order valence-corrected chi connectivity index (χ2v) is 7.90. The van der Waals surface area contributed by atoms with Crippen molar-refractivity contribution in [1.82, 2.24) is 14.8 Å². The number of ether oxygens (including phenoxy) is 1. The lowest BCUT2D eigenvalue weighted by Gasteiger charge is -2.34. The van der Waals surface area contributed by atoms with Crippen LogP contribution in [0.2, 0.25) is 0 Å². The summed E-state index contributed by atoms with van der Waals surface area (Å²) >= 11 is 0. The number of benzene rings is 2. The van der Waals surface area contributed by atoms with Gasteiger partial charge in [0.2, 0.25) is 5.91 Å². The van der Waals surface area contributed by atoms with E-state index in [4.69, 9.17) is 4.74 Å². The molecule has 4 rings (SSSR count). The number of piperazine rings is 1. The van der Waals surface area contributed by atoms with E-state index in [2.05, 4.69) is 42.3 Å². The zero-order chi connectivity index (χ0) is 22.5. The van der Waals surface area contributed by atoms with Crippen LogP contribution in [-0.2, 0) is 11.3 Å². The summed E-state index contributed by atoms with van der Waals surface area (Å²) in [6.45, 7) is 5.78. The number of hydrogen-bond acceptors (Lipinski definition) is 4. The molecule has 3 aromatic rings. The number of hydrogen-bond donors (Lipinski definition) is 1. The Balaban J connectivity index is 1.30. The first-order chi connectivity index (χ1) is 15.5. The van der Waals surface area contributed by atoms with Crippen molar-refractivity contribution < 1.29 is 14.3 Å². The van der Waals surface area contributed by atoms with Gasteiger partial charge < -0.3 is 19.9 Å². The van der Waals surface area contributed by atoms with Crippen LogP contribution in [0.25, 0.3) is 0 Å². The summed E-state index contributed by atoms with van der Waals surface area (Å²) < 4.78 is 5.71.